The highest BCUT2D eigenvalue weighted by Crippen LogP contribution is 2.28. The van der Waals surface area contributed by atoms with Crippen LogP contribution in [0.15, 0.2) is 77.7 Å². The first-order chi connectivity index (χ1) is 19.5. The smallest absolute Gasteiger partial charge is 0.264 e. The van der Waals surface area contributed by atoms with Crippen LogP contribution in [0, 0.1) is 6.92 Å². The van der Waals surface area contributed by atoms with Crippen molar-refractivity contribution in [2.45, 2.75) is 57.6 Å². The first kappa shape index (κ1) is 31.5. The van der Waals surface area contributed by atoms with Gasteiger partial charge < -0.3 is 19.7 Å². The van der Waals surface area contributed by atoms with Crippen LogP contribution >= 0.6 is 0 Å². The van der Waals surface area contributed by atoms with Crippen molar-refractivity contribution >= 4 is 27.5 Å². The second-order valence-corrected chi connectivity index (χ2v) is 11.8. The molecule has 3 aromatic carbocycles. The van der Waals surface area contributed by atoms with E-state index in [1.165, 1.54) is 24.1 Å². The molecule has 2 unspecified atom stereocenters. The summed E-state index contributed by atoms with van der Waals surface area (Å²) in [6, 6.07) is 19.2. The number of methoxy groups -OCH3 is 2. The summed E-state index contributed by atoms with van der Waals surface area (Å²) in [5.74, 6) is 0.236. The second-order valence-electron chi connectivity index (χ2n) is 9.89. The van der Waals surface area contributed by atoms with Crippen LogP contribution in [0.4, 0.5) is 5.69 Å². The fraction of sp³-hybridized carbons (Fsp3) is 0.355. The molecule has 2 amide bonds. The predicted octanol–water partition coefficient (Wildman–Crippen LogP) is 4.54. The highest BCUT2D eigenvalue weighted by molar-refractivity contribution is 7.92. The van der Waals surface area contributed by atoms with Crippen LogP contribution in [0.3, 0.4) is 0 Å². The first-order valence-electron chi connectivity index (χ1n) is 13.5. The van der Waals surface area contributed by atoms with E-state index in [9.17, 15) is 18.0 Å². The number of rotatable bonds is 13. The van der Waals surface area contributed by atoms with E-state index in [4.69, 9.17) is 9.47 Å². The zero-order valence-corrected chi connectivity index (χ0v) is 25.3. The van der Waals surface area contributed by atoms with Gasteiger partial charge in [0.25, 0.3) is 10.0 Å². The summed E-state index contributed by atoms with van der Waals surface area (Å²) >= 11 is 0. The van der Waals surface area contributed by atoms with Crippen LogP contribution in [0.25, 0.3) is 0 Å². The van der Waals surface area contributed by atoms with Gasteiger partial charge in [-0.1, -0.05) is 42.8 Å². The molecule has 0 aliphatic carbocycles. The number of sulfonamides is 1. The zero-order chi connectivity index (χ0) is 30.2. The summed E-state index contributed by atoms with van der Waals surface area (Å²) in [7, 11) is -1.12. The van der Waals surface area contributed by atoms with Crippen molar-refractivity contribution in [1.82, 2.24) is 10.2 Å². The molecule has 10 heteroatoms. The van der Waals surface area contributed by atoms with Crippen molar-refractivity contribution in [3.8, 4) is 11.5 Å². The van der Waals surface area contributed by atoms with Gasteiger partial charge in [0.05, 0.1) is 24.8 Å². The Hall–Kier alpha value is -4.05. The summed E-state index contributed by atoms with van der Waals surface area (Å²) in [5.41, 5.74) is 1.93. The molecule has 0 heterocycles. The fourth-order valence-corrected chi connectivity index (χ4v) is 5.51. The number of nitrogens with zero attached hydrogens (tertiary/aromatic N) is 2. The third kappa shape index (κ3) is 8.00. The maximum atomic E-state index is 14.0. The molecule has 0 radical (unpaired) electrons. The number of anilines is 1. The molecular formula is C31H39N3O6S. The first-order valence-corrected chi connectivity index (χ1v) is 14.9. The van der Waals surface area contributed by atoms with Crippen molar-refractivity contribution in [3.63, 3.8) is 0 Å². The van der Waals surface area contributed by atoms with Gasteiger partial charge in [-0.15, -0.1) is 0 Å². The van der Waals surface area contributed by atoms with Gasteiger partial charge in [-0.25, -0.2) is 8.42 Å². The molecule has 0 bridgehead atoms. The van der Waals surface area contributed by atoms with Crippen molar-refractivity contribution in [1.29, 1.82) is 0 Å². The van der Waals surface area contributed by atoms with Crippen LogP contribution in [0.2, 0.25) is 0 Å². The van der Waals surface area contributed by atoms with Crippen LogP contribution in [0.1, 0.15) is 38.3 Å². The number of amides is 2. The average molecular weight is 582 g/mol. The molecule has 9 nitrogen and oxygen atoms in total. The number of benzene rings is 3. The summed E-state index contributed by atoms with van der Waals surface area (Å²) in [6.07, 6.45) is 0.725. The van der Waals surface area contributed by atoms with Gasteiger partial charge in [0.2, 0.25) is 11.8 Å². The third-order valence-electron chi connectivity index (χ3n) is 6.91. The molecule has 0 spiro atoms. The second kappa shape index (κ2) is 14.0. The highest BCUT2D eigenvalue weighted by Gasteiger charge is 2.33. The van der Waals surface area contributed by atoms with Gasteiger partial charge in [-0.05, 0) is 69.2 Å². The molecule has 0 fully saturated rings. The lowest BCUT2D eigenvalue weighted by Crippen LogP contribution is -2.52. The minimum Gasteiger partial charge on any atom is -0.497 e. The zero-order valence-electron chi connectivity index (χ0n) is 24.5. The Morgan fingerprint density at radius 3 is 2.12 bits per heavy atom. The standard InChI is InChI=1S/C31H39N3O6S/c1-7-23(3)32-31(36)24(4)33(20-25-13-15-27(39-5)16-14-25)30(35)21-34(26-9-8-10-28(19-26)40-6)41(37,38)29-17-11-22(2)12-18-29/h8-19,23-24H,7,20-21H2,1-6H3,(H,32,36). The molecule has 3 rings (SSSR count). The topological polar surface area (TPSA) is 105 Å². The normalized spacial score (nSPS) is 12.6. The van der Waals surface area contributed by atoms with E-state index in [2.05, 4.69) is 5.32 Å². The molecule has 2 atom stereocenters. The van der Waals surface area contributed by atoms with E-state index >= 15 is 0 Å². The van der Waals surface area contributed by atoms with Crippen LogP contribution in [-0.2, 0) is 26.2 Å². The summed E-state index contributed by atoms with van der Waals surface area (Å²) in [5, 5.41) is 2.93. The minimum atomic E-state index is -4.16. The maximum absolute atomic E-state index is 14.0. The van der Waals surface area contributed by atoms with Gasteiger partial charge >= 0.3 is 0 Å². The number of hydrogen-bond donors (Lipinski definition) is 1. The Bertz CT molecular complexity index is 1420. The highest BCUT2D eigenvalue weighted by atomic mass is 32.2. The Morgan fingerprint density at radius 1 is 0.902 bits per heavy atom. The third-order valence-corrected chi connectivity index (χ3v) is 8.70. The van der Waals surface area contributed by atoms with Crippen molar-refractivity contribution in [3.05, 3.63) is 83.9 Å². The van der Waals surface area contributed by atoms with Crippen molar-refractivity contribution in [2.24, 2.45) is 0 Å². The van der Waals surface area contributed by atoms with Crippen LogP contribution in [0.5, 0.6) is 11.5 Å². The Balaban J connectivity index is 2.04. The predicted molar refractivity (Wildman–Crippen MR) is 160 cm³/mol. The van der Waals surface area contributed by atoms with Gasteiger partial charge in [0.15, 0.2) is 0 Å². The maximum Gasteiger partial charge on any atom is 0.264 e. The summed E-state index contributed by atoms with van der Waals surface area (Å²) in [4.78, 5) is 28.6. The van der Waals surface area contributed by atoms with Crippen molar-refractivity contribution in [2.75, 3.05) is 25.1 Å². The molecule has 41 heavy (non-hydrogen) atoms. The van der Waals surface area contributed by atoms with E-state index in [-0.39, 0.29) is 29.1 Å². The lowest BCUT2D eigenvalue weighted by atomic mass is 10.1. The van der Waals surface area contributed by atoms with Crippen LogP contribution < -0.4 is 19.1 Å². The number of nitrogens with one attached hydrogen (secondary N) is 1. The number of carbonyl (C=O) groups excluding carboxylic acids is 2. The Labute approximate surface area is 243 Å². The van der Waals surface area contributed by atoms with E-state index in [0.29, 0.717) is 11.5 Å². The lowest BCUT2D eigenvalue weighted by Gasteiger charge is -2.32. The fourth-order valence-electron chi connectivity index (χ4n) is 4.11. The van der Waals surface area contributed by atoms with E-state index in [1.54, 1.807) is 74.7 Å². The summed E-state index contributed by atoms with van der Waals surface area (Å²) in [6.45, 7) is 6.91. The lowest BCUT2D eigenvalue weighted by molar-refractivity contribution is -0.139. The molecule has 0 aliphatic heterocycles. The molecule has 0 saturated heterocycles. The van der Waals surface area contributed by atoms with Gasteiger partial charge in [-0.3, -0.25) is 13.9 Å². The minimum absolute atomic E-state index is 0.0444. The molecule has 3 aromatic rings. The van der Waals surface area contributed by atoms with E-state index in [0.717, 1.165) is 21.9 Å². The molecule has 220 valence electrons. The van der Waals surface area contributed by atoms with Gasteiger partial charge in [-0.2, -0.15) is 0 Å². The molecular weight excluding hydrogens is 542 g/mol. The molecule has 1 N–H and O–H groups in total. The Morgan fingerprint density at radius 2 is 1.54 bits per heavy atom. The number of aryl methyl sites for hydroxylation is 1. The molecule has 0 saturated carbocycles. The summed E-state index contributed by atoms with van der Waals surface area (Å²) < 4.78 is 39.5. The molecule has 0 aromatic heterocycles. The number of ether oxygens (including phenoxy) is 2. The van der Waals surface area contributed by atoms with E-state index < -0.39 is 28.5 Å². The monoisotopic (exact) mass is 581 g/mol. The average Bonchev–Trinajstić information content (AvgIpc) is 2.98. The van der Waals surface area contributed by atoms with E-state index in [1.807, 2.05) is 20.8 Å². The largest absolute Gasteiger partial charge is 0.497 e. The number of carbonyl (C=O) groups is 2. The SMILES string of the molecule is CCC(C)NC(=O)C(C)N(Cc1ccc(OC)cc1)C(=O)CN(c1cccc(OC)c1)S(=O)(=O)c1ccc(C)cc1. The Kier molecular flexibility index (Phi) is 10.8. The van der Waals surface area contributed by atoms with Gasteiger partial charge in [0, 0.05) is 18.7 Å². The quantitative estimate of drug-likeness (QED) is 0.318. The number of hydrogen-bond acceptors (Lipinski definition) is 6. The van der Waals surface area contributed by atoms with Crippen molar-refractivity contribution < 1.29 is 27.5 Å². The van der Waals surface area contributed by atoms with Crippen LogP contribution in [-0.4, -0.2) is 58.0 Å². The molecule has 0 aliphatic rings. The van der Waals surface area contributed by atoms with Gasteiger partial charge in [0.1, 0.15) is 24.1 Å².